The molecular formula is C13H13N3O3. The molecule has 0 aliphatic rings. The van der Waals surface area contributed by atoms with Crippen molar-refractivity contribution in [3.8, 4) is 0 Å². The quantitative estimate of drug-likeness (QED) is 0.761. The van der Waals surface area contributed by atoms with Gasteiger partial charge in [-0.05, 0) is 12.0 Å². The minimum Gasteiger partial charge on any atom is -0.476 e. The fourth-order valence-corrected chi connectivity index (χ4v) is 1.66. The number of aryl methyl sites for hydroxylation is 1. The Labute approximate surface area is 109 Å². The second-order valence-corrected chi connectivity index (χ2v) is 4.00. The van der Waals surface area contributed by atoms with E-state index in [1.807, 2.05) is 30.3 Å². The molecule has 0 aliphatic carbocycles. The third-order valence-corrected chi connectivity index (χ3v) is 2.61. The largest absolute Gasteiger partial charge is 0.476 e. The highest BCUT2D eigenvalue weighted by atomic mass is 16.4. The Morgan fingerprint density at radius 2 is 2.00 bits per heavy atom. The van der Waals surface area contributed by atoms with E-state index in [1.54, 1.807) is 0 Å². The molecule has 2 rings (SSSR count). The molecule has 0 saturated heterocycles. The first-order valence-electron chi connectivity index (χ1n) is 5.77. The van der Waals surface area contributed by atoms with Crippen molar-refractivity contribution >= 4 is 17.6 Å². The molecule has 1 aromatic heterocycles. The van der Waals surface area contributed by atoms with Gasteiger partial charge in [0.1, 0.15) is 0 Å². The average Bonchev–Trinajstić information content (AvgIpc) is 2.86. The zero-order valence-corrected chi connectivity index (χ0v) is 10.1. The Hall–Kier alpha value is -2.63. The first-order valence-corrected chi connectivity index (χ1v) is 5.77. The van der Waals surface area contributed by atoms with Gasteiger partial charge in [-0.1, -0.05) is 30.3 Å². The van der Waals surface area contributed by atoms with Crippen LogP contribution in [0.5, 0.6) is 0 Å². The number of rotatable bonds is 5. The van der Waals surface area contributed by atoms with Crippen molar-refractivity contribution < 1.29 is 14.7 Å². The maximum Gasteiger partial charge on any atom is 0.356 e. The standard InChI is InChI=1S/C13H13N3O3/c17-11(7-6-9-4-2-1-3-5-9)15-10-8-14-16-12(10)13(18)19/h1-5,8H,6-7H2,(H,14,16)(H,15,17)(H,18,19). The average molecular weight is 259 g/mol. The van der Waals surface area contributed by atoms with Crippen LogP contribution in [0.3, 0.4) is 0 Å². The molecule has 6 nitrogen and oxygen atoms in total. The zero-order valence-electron chi connectivity index (χ0n) is 10.1. The summed E-state index contributed by atoms with van der Waals surface area (Å²) >= 11 is 0. The van der Waals surface area contributed by atoms with Crippen LogP contribution in [0.25, 0.3) is 0 Å². The molecule has 0 saturated carbocycles. The third-order valence-electron chi connectivity index (χ3n) is 2.61. The summed E-state index contributed by atoms with van der Waals surface area (Å²) in [6.07, 6.45) is 2.17. The lowest BCUT2D eigenvalue weighted by molar-refractivity contribution is -0.116. The molecule has 6 heteroatoms. The Morgan fingerprint density at radius 1 is 1.26 bits per heavy atom. The van der Waals surface area contributed by atoms with Crippen molar-refractivity contribution in [2.45, 2.75) is 12.8 Å². The number of carbonyl (C=O) groups excluding carboxylic acids is 1. The van der Waals surface area contributed by atoms with Gasteiger partial charge in [-0.25, -0.2) is 4.79 Å². The van der Waals surface area contributed by atoms with Gasteiger partial charge in [0, 0.05) is 6.42 Å². The summed E-state index contributed by atoms with van der Waals surface area (Å²) in [5, 5.41) is 17.3. The predicted molar refractivity (Wildman–Crippen MR) is 68.9 cm³/mol. The number of H-pyrrole nitrogens is 1. The molecule has 0 fully saturated rings. The van der Waals surface area contributed by atoms with Crippen molar-refractivity contribution in [3.63, 3.8) is 0 Å². The summed E-state index contributed by atoms with van der Waals surface area (Å²) < 4.78 is 0. The SMILES string of the molecule is O=C(CCc1ccccc1)Nc1cn[nH]c1C(=O)O. The van der Waals surface area contributed by atoms with Gasteiger partial charge in [0.15, 0.2) is 5.69 Å². The molecule has 0 radical (unpaired) electrons. The van der Waals surface area contributed by atoms with Crippen molar-refractivity contribution in [1.29, 1.82) is 0 Å². The van der Waals surface area contributed by atoms with Crippen LogP contribution in [0.1, 0.15) is 22.5 Å². The molecule has 0 atom stereocenters. The summed E-state index contributed by atoms with van der Waals surface area (Å²) in [7, 11) is 0. The lowest BCUT2D eigenvalue weighted by Gasteiger charge is -2.04. The number of carbonyl (C=O) groups is 2. The normalized spacial score (nSPS) is 10.1. The number of anilines is 1. The number of hydrogen-bond donors (Lipinski definition) is 3. The first-order chi connectivity index (χ1) is 9.16. The second-order valence-electron chi connectivity index (χ2n) is 4.00. The maximum absolute atomic E-state index is 11.7. The number of benzene rings is 1. The van der Waals surface area contributed by atoms with Gasteiger partial charge in [-0.3, -0.25) is 9.89 Å². The monoisotopic (exact) mass is 259 g/mol. The minimum atomic E-state index is -1.16. The fourth-order valence-electron chi connectivity index (χ4n) is 1.66. The third kappa shape index (κ3) is 3.41. The molecule has 0 bridgehead atoms. The Morgan fingerprint density at radius 3 is 2.68 bits per heavy atom. The van der Waals surface area contributed by atoms with E-state index < -0.39 is 5.97 Å². The van der Waals surface area contributed by atoms with Gasteiger partial charge in [-0.2, -0.15) is 5.10 Å². The summed E-state index contributed by atoms with van der Waals surface area (Å²) in [6.45, 7) is 0. The minimum absolute atomic E-state index is 0.118. The number of nitrogens with one attached hydrogen (secondary N) is 2. The van der Waals surface area contributed by atoms with Gasteiger partial charge < -0.3 is 10.4 Å². The van der Waals surface area contributed by atoms with Gasteiger partial charge in [0.2, 0.25) is 5.91 Å². The summed E-state index contributed by atoms with van der Waals surface area (Å²) in [5.74, 6) is -1.40. The van der Waals surface area contributed by atoms with Crippen LogP contribution in [-0.4, -0.2) is 27.2 Å². The molecule has 1 aromatic carbocycles. The number of hydrogen-bond acceptors (Lipinski definition) is 3. The van der Waals surface area contributed by atoms with E-state index in [-0.39, 0.29) is 23.7 Å². The molecule has 1 amide bonds. The summed E-state index contributed by atoms with van der Waals surface area (Å²) in [5.41, 5.74) is 1.13. The molecule has 1 heterocycles. The smallest absolute Gasteiger partial charge is 0.356 e. The number of aromatic nitrogens is 2. The van der Waals surface area contributed by atoms with E-state index in [0.717, 1.165) is 5.56 Å². The van der Waals surface area contributed by atoms with Gasteiger partial charge in [0.25, 0.3) is 0 Å². The van der Waals surface area contributed by atoms with Crippen molar-refractivity contribution in [2.24, 2.45) is 0 Å². The highest BCUT2D eigenvalue weighted by Gasteiger charge is 2.14. The van der Waals surface area contributed by atoms with E-state index in [9.17, 15) is 9.59 Å². The molecule has 98 valence electrons. The highest BCUT2D eigenvalue weighted by Crippen LogP contribution is 2.12. The molecule has 0 unspecified atom stereocenters. The van der Waals surface area contributed by atoms with Crippen molar-refractivity contribution in [2.75, 3.05) is 5.32 Å². The highest BCUT2D eigenvalue weighted by molar-refractivity contribution is 5.98. The summed E-state index contributed by atoms with van der Waals surface area (Å²) in [6, 6.07) is 9.60. The lowest BCUT2D eigenvalue weighted by Crippen LogP contribution is -2.14. The summed E-state index contributed by atoms with van der Waals surface area (Å²) in [4.78, 5) is 22.5. The van der Waals surface area contributed by atoms with Crippen LogP contribution in [0.4, 0.5) is 5.69 Å². The van der Waals surface area contributed by atoms with Crippen molar-refractivity contribution in [3.05, 3.63) is 47.8 Å². The Bertz CT molecular complexity index is 578. The van der Waals surface area contributed by atoms with Crippen LogP contribution in [-0.2, 0) is 11.2 Å². The number of nitrogens with zero attached hydrogens (tertiary/aromatic N) is 1. The van der Waals surface area contributed by atoms with Gasteiger partial charge in [0.05, 0.1) is 11.9 Å². The number of aromatic carboxylic acids is 1. The molecular weight excluding hydrogens is 246 g/mol. The maximum atomic E-state index is 11.7. The number of amides is 1. The van der Waals surface area contributed by atoms with E-state index in [2.05, 4.69) is 15.5 Å². The van der Waals surface area contributed by atoms with E-state index in [1.165, 1.54) is 6.20 Å². The van der Waals surface area contributed by atoms with Crippen LogP contribution >= 0.6 is 0 Å². The second kappa shape index (κ2) is 5.81. The van der Waals surface area contributed by atoms with Gasteiger partial charge in [-0.15, -0.1) is 0 Å². The van der Waals surface area contributed by atoms with E-state index in [0.29, 0.717) is 6.42 Å². The number of carboxylic acid groups (broad SMARTS) is 1. The number of aromatic amines is 1. The Kier molecular flexibility index (Phi) is 3.92. The lowest BCUT2D eigenvalue weighted by atomic mass is 10.1. The molecule has 2 aromatic rings. The molecule has 0 spiro atoms. The first kappa shape index (κ1) is 12.8. The predicted octanol–water partition coefficient (Wildman–Crippen LogP) is 1.68. The van der Waals surface area contributed by atoms with Crippen LogP contribution in [0.2, 0.25) is 0 Å². The van der Waals surface area contributed by atoms with Crippen molar-refractivity contribution in [1.82, 2.24) is 10.2 Å². The molecule has 19 heavy (non-hydrogen) atoms. The zero-order chi connectivity index (χ0) is 13.7. The fraction of sp³-hybridized carbons (Fsp3) is 0.154. The van der Waals surface area contributed by atoms with E-state index >= 15 is 0 Å². The molecule has 3 N–H and O–H groups in total. The molecule has 0 aliphatic heterocycles. The van der Waals surface area contributed by atoms with E-state index in [4.69, 9.17) is 5.11 Å². The van der Waals surface area contributed by atoms with Crippen LogP contribution in [0, 0.1) is 0 Å². The topological polar surface area (TPSA) is 95.1 Å². The van der Waals surface area contributed by atoms with Crippen LogP contribution in [0.15, 0.2) is 36.5 Å². The Balaban J connectivity index is 1.91. The number of carboxylic acids is 1. The van der Waals surface area contributed by atoms with Crippen LogP contribution < -0.4 is 5.32 Å². The van der Waals surface area contributed by atoms with Gasteiger partial charge >= 0.3 is 5.97 Å².